The number of ether oxygens (including phenoxy) is 1. The predicted molar refractivity (Wildman–Crippen MR) is 86.3 cm³/mol. The molecule has 0 radical (unpaired) electrons. The van der Waals surface area contributed by atoms with Crippen molar-refractivity contribution in [3.05, 3.63) is 41.2 Å². The number of methoxy groups -OCH3 is 1. The summed E-state index contributed by atoms with van der Waals surface area (Å²) in [5.41, 5.74) is 3.54. The molecule has 0 unspecified atom stereocenters. The van der Waals surface area contributed by atoms with Crippen molar-refractivity contribution in [2.24, 2.45) is 0 Å². The average molecular weight is 286 g/mol. The Morgan fingerprint density at radius 2 is 1.86 bits per heavy atom. The Kier molecular flexibility index (Phi) is 5.11. The minimum atomic E-state index is 0.642. The number of hydrogen-bond donors (Lipinski definition) is 2. The third-order valence-electron chi connectivity index (χ3n) is 3.32. The number of nitrogens with zero attached hydrogens (tertiary/aromatic N) is 2. The van der Waals surface area contributed by atoms with Crippen molar-refractivity contribution in [1.82, 2.24) is 9.97 Å². The van der Waals surface area contributed by atoms with Gasteiger partial charge < -0.3 is 15.4 Å². The second-order valence-electron chi connectivity index (χ2n) is 4.98. The number of rotatable bonds is 6. The lowest BCUT2D eigenvalue weighted by atomic mass is 10.1. The first-order valence-corrected chi connectivity index (χ1v) is 7.02. The molecule has 2 N–H and O–H groups in total. The lowest BCUT2D eigenvalue weighted by Crippen LogP contribution is -2.10. The number of aryl methyl sites for hydroxylation is 2. The number of benzene rings is 1. The highest BCUT2D eigenvalue weighted by atomic mass is 16.5. The van der Waals surface area contributed by atoms with Gasteiger partial charge in [-0.05, 0) is 38.0 Å². The third-order valence-corrected chi connectivity index (χ3v) is 3.32. The second kappa shape index (κ2) is 7.04. The fraction of sp³-hybridized carbons (Fsp3) is 0.375. The van der Waals surface area contributed by atoms with E-state index in [1.165, 1.54) is 11.1 Å². The summed E-state index contributed by atoms with van der Waals surface area (Å²) in [4.78, 5) is 8.80. The lowest BCUT2D eigenvalue weighted by Gasteiger charge is -2.12. The molecule has 0 spiro atoms. The van der Waals surface area contributed by atoms with Crippen LogP contribution in [0.15, 0.2) is 24.3 Å². The quantitative estimate of drug-likeness (QED) is 0.799. The fourth-order valence-electron chi connectivity index (χ4n) is 2.03. The van der Waals surface area contributed by atoms with Crippen LogP contribution in [0.25, 0.3) is 0 Å². The molecule has 5 heteroatoms. The standard InChI is InChI=1S/C16H22N4O/c1-11-6-5-7-14(12(11)2)20-16-10-15(17-8-9-21-4)18-13(3)19-16/h5-7,10H,8-9H2,1-4H3,(H2,17,18,19,20). The monoisotopic (exact) mass is 286 g/mol. The highest BCUT2D eigenvalue weighted by Gasteiger charge is 2.05. The first kappa shape index (κ1) is 15.3. The third kappa shape index (κ3) is 4.16. The summed E-state index contributed by atoms with van der Waals surface area (Å²) >= 11 is 0. The van der Waals surface area contributed by atoms with Gasteiger partial charge in [0.15, 0.2) is 0 Å². The van der Waals surface area contributed by atoms with Crippen LogP contribution in [0.1, 0.15) is 17.0 Å². The molecular weight excluding hydrogens is 264 g/mol. The van der Waals surface area contributed by atoms with E-state index >= 15 is 0 Å². The van der Waals surface area contributed by atoms with Gasteiger partial charge in [-0.1, -0.05) is 12.1 Å². The molecule has 0 aliphatic carbocycles. The highest BCUT2D eigenvalue weighted by molar-refractivity contribution is 5.63. The van der Waals surface area contributed by atoms with Gasteiger partial charge in [0.2, 0.25) is 0 Å². The van der Waals surface area contributed by atoms with Crippen LogP contribution in [0.2, 0.25) is 0 Å². The average Bonchev–Trinajstić information content (AvgIpc) is 2.44. The number of anilines is 3. The number of hydrogen-bond acceptors (Lipinski definition) is 5. The number of aromatic nitrogens is 2. The first-order valence-electron chi connectivity index (χ1n) is 7.02. The Hall–Kier alpha value is -2.14. The molecular formula is C16H22N4O. The molecule has 5 nitrogen and oxygen atoms in total. The van der Waals surface area contributed by atoms with Crippen LogP contribution in [0, 0.1) is 20.8 Å². The molecule has 1 aromatic heterocycles. The SMILES string of the molecule is COCCNc1cc(Nc2cccc(C)c2C)nc(C)n1. The van der Waals surface area contributed by atoms with Crippen LogP contribution >= 0.6 is 0 Å². The van der Waals surface area contributed by atoms with Crippen molar-refractivity contribution in [1.29, 1.82) is 0 Å². The summed E-state index contributed by atoms with van der Waals surface area (Å²) in [5, 5.41) is 6.58. The van der Waals surface area contributed by atoms with Crippen LogP contribution in [-0.4, -0.2) is 30.2 Å². The van der Waals surface area contributed by atoms with Crippen molar-refractivity contribution < 1.29 is 4.74 Å². The van der Waals surface area contributed by atoms with Crippen LogP contribution in [-0.2, 0) is 4.74 Å². The van der Waals surface area contributed by atoms with E-state index in [1.54, 1.807) is 7.11 Å². The predicted octanol–water partition coefficient (Wildman–Crippen LogP) is 3.20. The van der Waals surface area contributed by atoms with Crippen molar-refractivity contribution in [3.8, 4) is 0 Å². The molecule has 1 heterocycles. The summed E-state index contributed by atoms with van der Waals surface area (Å²) in [6.45, 7) is 7.45. The van der Waals surface area contributed by atoms with Gasteiger partial charge in [-0.2, -0.15) is 0 Å². The molecule has 0 saturated carbocycles. The van der Waals surface area contributed by atoms with E-state index < -0.39 is 0 Å². The maximum atomic E-state index is 5.03. The Morgan fingerprint density at radius 1 is 1.10 bits per heavy atom. The summed E-state index contributed by atoms with van der Waals surface area (Å²) in [7, 11) is 1.68. The van der Waals surface area contributed by atoms with Crippen LogP contribution in [0.4, 0.5) is 17.3 Å². The molecule has 0 fully saturated rings. The van der Waals surface area contributed by atoms with Crippen molar-refractivity contribution in [3.63, 3.8) is 0 Å². The van der Waals surface area contributed by atoms with E-state index in [9.17, 15) is 0 Å². The zero-order valence-corrected chi connectivity index (χ0v) is 13.0. The van der Waals surface area contributed by atoms with Gasteiger partial charge in [-0.25, -0.2) is 9.97 Å². The number of nitrogens with one attached hydrogen (secondary N) is 2. The molecule has 1 aromatic carbocycles. The molecule has 21 heavy (non-hydrogen) atoms. The van der Waals surface area contributed by atoms with Crippen LogP contribution in [0.3, 0.4) is 0 Å². The maximum absolute atomic E-state index is 5.03. The summed E-state index contributed by atoms with van der Waals surface area (Å²) < 4.78 is 5.03. The Balaban J connectivity index is 2.17. The molecule has 0 amide bonds. The van der Waals surface area contributed by atoms with E-state index in [4.69, 9.17) is 4.74 Å². The fourth-order valence-corrected chi connectivity index (χ4v) is 2.03. The van der Waals surface area contributed by atoms with Crippen molar-refractivity contribution in [2.45, 2.75) is 20.8 Å². The Labute approximate surface area is 125 Å². The van der Waals surface area contributed by atoms with Gasteiger partial charge >= 0.3 is 0 Å². The zero-order chi connectivity index (χ0) is 15.2. The van der Waals surface area contributed by atoms with Crippen LogP contribution in [0.5, 0.6) is 0 Å². The first-order chi connectivity index (χ1) is 10.1. The largest absolute Gasteiger partial charge is 0.383 e. The molecule has 112 valence electrons. The van der Waals surface area contributed by atoms with Crippen molar-refractivity contribution >= 4 is 17.3 Å². The minimum Gasteiger partial charge on any atom is -0.383 e. The lowest BCUT2D eigenvalue weighted by molar-refractivity contribution is 0.210. The van der Waals surface area contributed by atoms with E-state index in [-0.39, 0.29) is 0 Å². The van der Waals surface area contributed by atoms with Gasteiger partial charge in [-0.15, -0.1) is 0 Å². The second-order valence-corrected chi connectivity index (χ2v) is 4.98. The minimum absolute atomic E-state index is 0.642. The van der Waals surface area contributed by atoms with Crippen molar-refractivity contribution in [2.75, 3.05) is 30.9 Å². The maximum Gasteiger partial charge on any atom is 0.136 e. The van der Waals surface area contributed by atoms with Gasteiger partial charge in [0.25, 0.3) is 0 Å². The summed E-state index contributed by atoms with van der Waals surface area (Å²) in [6.07, 6.45) is 0. The van der Waals surface area contributed by atoms with E-state index in [0.717, 1.165) is 29.7 Å². The van der Waals surface area contributed by atoms with E-state index in [0.29, 0.717) is 6.61 Å². The normalized spacial score (nSPS) is 10.5. The van der Waals surface area contributed by atoms with Gasteiger partial charge in [0.1, 0.15) is 17.5 Å². The molecule has 2 rings (SSSR count). The summed E-state index contributed by atoms with van der Waals surface area (Å²) in [6, 6.07) is 8.10. The molecule has 0 bridgehead atoms. The van der Waals surface area contributed by atoms with Crippen LogP contribution < -0.4 is 10.6 Å². The summed E-state index contributed by atoms with van der Waals surface area (Å²) in [5.74, 6) is 2.31. The zero-order valence-electron chi connectivity index (χ0n) is 13.0. The Bertz CT molecular complexity index is 613. The Morgan fingerprint density at radius 3 is 2.62 bits per heavy atom. The van der Waals surface area contributed by atoms with Gasteiger partial charge in [0, 0.05) is 25.4 Å². The molecule has 0 atom stereocenters. The van der Waals surface area contributed by atoms with Gasteiger partial charge in [0.05, 0.1) is 6.61 Å². The van der Waals surface area contributed by atoms with E-state index in [1.807, 2.05) is 19.1 Å². The molecule has 0 aliphatic rings. The molecule has 2 aromatic rings. The topological polar surface area (TPSA) is 59.1 Å². The highest BCUT2D eigenvalue weighted by Crippen LogP contribution is 2.22. The smallest absolute Gasteiger partial charge is 0.136 e. The van der Waals surface area contributed by atoms with E-state index in [2.05, 4.69) is 46.6 Å². The van der Waals surface area contributed by atoms with Gasteiger partial charge in [-0.3, -0.25) is 0 Å². The molecule has 0 saturated heterocycles. The molecule has 0 aliphatic heterocycles.